The molecule has 90 valence electrons. The van der Waals surface area contributed by atoms with Crippen LogP contribution >= 0.6 is 15.9 Å². The lowest BCUT2D eigenvalue weighted by atomic mass is 9.92. The first-order valence-electron chi connectivity index (χ1n) is 5.84. The van der Waals surface area contributed by atoms with Gasteiger partial charge in [-0.1, -0.05) is 29.8 Å². The van der Waals surface area contributed by atoms with Gasteiger partial charge in [0.2, 0.25) is 0 Å². The van der Waals surface area contributed by atoms with Crippen LogP contribution in [-0.2, 0) is 4.74 Å². The van der Waals surface area contributed by atoms with E-state index in [0.717, 1.165) is 17.9 Å². The van der Waals surface area contributed by atoms with Crippen molar-refractivity contribution in [3.8, 4) is 0 Å². The number of hydrogen-bond acceptors (Lipinski definition) is 2. The van der Waals surface area contributed by atoms with Crippen molar-refractivity contribution in [3.63, 3.8) is 0 Å². The summed E-state index contributed by atoms with van der Waals surface area (Å²) in [5.74, 6) is 0.745. The molecular weight excluding hydrogens is 254 g/mol. The van der Waals surface area contributed by atoms with Crippen molar-refractivity contribution in [2.75, 3.05) is 38.7 Å². The maximum Gasteiger partial charge on any atom is 0.0502 e. The summed E-state index contributed by atoms with van der Waals surface area (Å²) in [6, 6.07) is 0. The Kier molecular flexibility index (Phi) is 5.58. The lowest BCUT2D eigenvalue weighted by molar-refractivity contribution is 0.0748. The summed E-state index contributed by atoms with van der Waals surface area (Å²) in [5.41, 5.74) is 0.384. The van der Waals surface area contributed by atoms with Crippen LogP contribution < -0.4 is 0 Å². The zero-order valence-electron chi connectivity index (χ0n) is 10.3. The molecule has 1 saturated heterocycles. The fourth-order valence-electron chi connectivity index (χ4n) is 2.31. The van der Waals surface area contributed by atoms with Crippen LogP contribution in [-0.4, -0.2) is 43.6 Å². The summed E-state index contributed by atoms with van der Waals surface area (Å²) >= 11 is 3.59. The topological polar surface area (TPSA) is 12.5 Å². The van der Waals surface area contributed by atoms with Crippen molar-refractivity contribution in [3.05, 3.63) is 0 Å². The molecule has 0 N–H and O–H groups in total. The fourth-order valence-corrected chi connectivity index (χ4v) is 2.49. The van der Waals surface area contributed by atoms with Gasteiger partial charge in [-0.3, -0.25) is 0 Å². The number of ether oxygens (including phenoxy) is 1. The summed E-state index contributed by atoms with van der Waals surface area (Å²) in [6.07, 6.45) is 2.66. The van der Waals surface area contributed by atoms with Gasteiger partial charge in [-0.05, 0) is 30.7 Å². The smallest absolute Gasteiger partial charge is 0.0502 e. The molecule has 1 unspecified atom stereocenters. The molecule has 0 aromatic heterocycles. The molecule has 1 aliphatic heterocycles. The number of hydrogen-bond donors (Lipinski definition) is 0. The zero-order chi connectivity index (χ0) is 11.3. The van der Waals surface area contributed by atoms with Crippen molar-refractivity contribution < 1.29 is 4.74 Å². The van der Waals surface area contributed by atoms with E-state index in [1.165, 1.54) is 32.5 Å². The van der Waals surface area contributed by atoms with E-state index < -0.39 is 0 Å². The average Bonchev–Trinajstić information content (AvgIpc) is 2.18. The molecule has 1 aliphatic rings. The van der Waals surface area contributed by atoms with Crippen molar-refractivity contribution >= 4 is 15.9 Å². The standard InChI is InChI=1S/C12H24BrNO/c1-12(2,9-13)10-14-6-4-5-11(7-14)8-15-3/h11H,4-10H2,1-3H3. The SMILES string of the molecule is COCC1CCCN(CC(C)(C)CBr)C1. The predicted molar refractivity (Wildman–Crippen MR) is 68.6 cm³/mol. The third kappa shape index (κ3) is 4.83. The summed E-state index contributed by atoms with van der Waals surface area (Å²) < 4.78 is 5.25. The minimum absolute atomic E-state index is 0.384. The van der Waals surface area contributed by atoms with Crippen LogP contribution in [0.15, 0.2) is 0 Å². The number of piperidine rings is 1. The van der Waals surface area contributed by atoms with E-state index in [0.29, 0.717) is 5.41 Å². The van der Waals surface area contributed by atoms with Crippen LogP contribution in [0.2, 0.25) is 0 Å². The van der Waals surface area contributed by atoms with Crippen molar-refractivity contribution in [2.45, 2.75) is 26.7 Å². The van der Waals surface area contributed by atoms with E-state index >= 15 is 0 Å². The molecule has 1 atom stereocenters. The molecule has 0 aromatic rings. The largest absolute Gasteiger partial charge is 0.384 e. The van der Waals surface area contributed by atoms with Crippen molar-refractivity contribution in [1.29, 1.82) is 0 Å². The molecule has 2 nitrogen and oxygen atoms in total. The maximum absolute atomic E-state index is 5.25. The van der Waals surface area contributed by atoms with Gasteiger partial charge in [-0.2, -0.15) is 0 Å². The quantitative estimate of drug-likeness (QED) is 0.717. The van der Waals surface area contributed by atoms with E-state index in [1.807, 2.05) is 0 Å². The monoisotopic (exact) mass is 277 g/mol. The van der Waals surface area contributed by atoms with Crippen molar-refractivity contribution in [1.82, 2.24) is 4.90 Å². The van der Waals surface area contributed by atoms with Gasteiger partial charge in [0, 0.05) is 25.5 Å². The highest BCUT2D eigenvalue weighted by Gasteiger charge is 2.25. The molecule has 0 amide bonds. The number of alkyl halides is 1. The Labute approximate surface area is 102 Å². The summed E-state index contributed by atoms with van der Waals surface area (Å²) in [5, 5.41) is 1.07. The molecule has 0 aromatic carbocycles. The first-order valence-corrected chi connectivity index (χ1v) is 6.97. The summed E-state index contributed by atoms with van der Waals surface area (Å²) in [7, 11) is 1.81. The van der Waals surface area contributed by atoms with E-state index in [-0.39, 0.29) is 0 Å². The highest BCUT2D eigenvalue weighted by atomic mass is 79.9. The molecular formula is C12H24BrNO. The predicted octanol–water partition coefficient (Wildman–Crippen LogP) is 2.77. The van der Waals surface area contributed by atoms with E-state index in [9.17, 15) is 0 Å². The molecule has 0 radical (unpaired) electrons. The molecule has 1 rings (SSSR count). The molecule has 1 heterocycles. The van der Waals surface area contributed by atoms with Crippen LogP contribution in [0.25, 0.3) is 0 Å². The average molecular weight is 278 g/mol. The third-order valence-corrected chi connectivity index (χ3v) is 4.54. The van der Waals surface area contributed by atoms with Crippen LogP contribution in [0, 0.1) is 11.3 Å². The molecule has 0 bridgehead atoms. The van der Waals surface area contributed by atoms with Gasteiger partial charge in [0.1, 0.15) is 0 Å². The molecule has 15 heavy (non-hydrogen) atoms. The lowest BCUT2D eigenvalue weighted by Gasteiger charge is -2.37. The van der Waals surface area contributed by atoms with E-state index in [2.05, 4.69) is 34.7 Å². The Balaban J connectivity index is 2.36. The molecule has 0 saturated carbocycles. The number of halogens is 1. The van der Waals surface area contributed by atoms with Crippen LogP contribution in [0.1, 0.15) is 26.7 Å². The maximum atomic E-state index is 5.25. The molecule has 0 spiro atoms. The second kappa shape index (κ2) is 6.21. The number of rotatable bonds is 5. The van der Waals surface area contributed by atoms with Gasteiger partial charge in [0.05, 0.1) is 6.61 Å². The zero-order valence-corrected chi connectivity index (χ0v) is 11.8. The number of nitrogens with zero attached hydrogens (tertiary/aromatic N) is 1. The second-order valence-corrected chi connectivity index (χ2v) is 6.06. The summed E-state index contributed by atoms with van der Waals surface area (Å²) in [6.45, 7) is 9.23. The van der Waals surface area contributed by atoms with Gasteiger partial charge in [0.25, 0.3) is 0 Å². The van der Waals surface area contributed by atoms with Gasteiger partial charge in [0.15, 0.2) is 0 Å². The molecule has 1 fully saturated rings. The third-order valence-electron chi connectivity index (χ3n) is 3.02. The van der Waals surface area contributed by atoms with Gasteiger partial charge < -0.3 is 9.64 Å². The number of likely N-dealkylation sites (tertiary alicyclic amines) is 1. The highest BCUT2D eigenvalue weighted by Crippen LogP contribution is 2.24. The van der Waals surface area contributed by atoms with Crippen LogP contribution in [0.5, 0.6) is 0 Å². The Bertz CT molecular complexity index is 182. The summed E-state index contributed by atoms with van der Waals surface area (Å²) in [4.78, 5) is 2.59. The van der Waals surface area contributed by atoms with Crippen LogP contribution in [0.3, 0.4) is 0 Å². The van der Waals surface area contributed by atoms with Gasteiger partial charge in [-0.25, -0.2) is 0 Å². The van der Waals surface area contributed by atoms with Gasteiger partial charge >= 0.3 is 0 Å². The minimum Gasteiger partial charge on any atom is -0.384 e. The van der Waals surface area contributed by atoms with Crippen LogP contribution in [0.4, 0.5) is 0 Å². The Morgan fingerprint density at radius 2 is 2.20 bits per heavy atom. The lowest BCUT2D eigenvalue weighted by Crippen LogP contribution is -2.42. The first-order chi connectivity index (χ1) is 7.07. The second-order valence-electron chi connectivity index (χ2n) is 5.50. The van der Waals surface area contributed by atoms with Crippen molar-refractivity contribution in [2.24, 2.45) is 11.3 Å². The van der Waals surface area contributed by atoms with Gasteiger partial charge in [-0.15, -0.1) is 0 Å². The first kappa shape index (κ1) is 13.5. The highest BCUT2D eigenvalue weighted by molar-refractivity contribution is 9.09. The molecule has 0 aliphatic carbocycles. The number of methoxy groups -OCH3 is 1. The Morgan fingerprint density at radius 3 is 2.80 bits per heavy atom. The minimum atomic E-state index is 0.384. The molecule has 3 heteroatoms. The Morgan fingerprint density at radius 1 is 1.47 bits per heavy atom. The fraction of sp³-hybridized carbons (Fsp3) is 1.00. The van der Waals surface area contributed by atoms with E-state index in [4.69, 9.17) is 4.74 Å². The Hall–Kier alpha value is 0.400. The normalized spacial score (nSPS) is 24.4. The van der Waals surface area contributed by atoms with E-state index in [1.54, 1.807) is 7.11 Å².